The number of carbonyl (C=O) groups is 1. The number of amides is 1. The molecule has 19 heavy (non-hydrogen) atoms. The largest absolute Gasteiger partial charge is 0.333 e. The quantitative estimate of drug-likeness (QED) is 0.840. The van der Waals surface area contributed by atoms with E-state index in [2.05, 4.69) is 4.98 Å². The number of hydrogen-bond donors (Lipinski definition) is 0. The first-order chi connectivity index (χ1) is 9.20. The van der Waals surface area contributed by atoms with Crippen LogP contribution in [0.1, 0.15) is 28.5 Å². The maximum Gasteiger partial charge on any atom is 0.272 e. The van der Waals surface area contributed by atoms with Gasteiger partial charge in [0, 0.05) is 19.3 Å². The van der Waals surface area contributed by atoms with E-state index in [0.717, 1.165) is 11.1 Å². The molecule has 0 spiro atoms. The molecule has 0 N–H and O–H groups in total. The van der Waals surface area contributed by atoms with Crippen molar-refractivity contribution in [2.75, 3.05) is 6.54 Å². The molecule has 0 aliphatic rings. The van der Waals surface area contributed by atoms with Crippen molar-refractivity contribution in [3.8, 4) is 0 Å². The minimum atomic E-state index is -0.0185. The fourth-order valence-corrected chi connectivity index (χ4v) is 1.95. The Labute approximate surface area is 113 Å². The van der Waals surface area contributed by atoms with Crippen molar-refractivity contribution in [3.63, 3.8) is 0 Å². The van der Waals surface area contributed by atoms with Crippen molar-refractivity contribution in [1.82, 2.24) is 9.88 Å². The van der Waals surface area contributed by atoms with Gasteiger partial charge in [0.05, 0.1) is 0 Å². The number of nitrogens with zero attached hydrogens (tertiary/aromatic N) is 2. The summed E-state index contributed by atoms with van der Waals surface area (Å²) in [5.74, 6) is -0.0185. The molecule has 98 valence electrons. The van der Waals surface area contributed by atoms with Crippen LogP contribution < -0.4 is 0 Å². The molecule has 3 heteroatoms. The van der Waals surface area contributed by atoms with E-state index in [1.165, 1.54) is 0 Å². The number of benzene rings is 1. The SMILES string of the molecule is CCN(Cc1ccccc1)C(=O)c1cc(C)ccn1. The van der Waals surface area contributed by atoms with Gasteiger partial charge in [-0.05, 0) is 37.1 Å². The van der Waals surface area contributed by atoms with Crippen LogP contribution in [0.25, 0.3) is 0 Å². The molecule has 0 unspecified atom stereocenters. The zero-order valence-electron chi connectivity index (χ0n) is 11.3. The predicted octanol–water partition coefficient (Wildman–Crippen LogP) is 3.05. The molecule has 0 aliphatic carbocycles. The van der Waals surface area contributed by atoms with Gasteiger partial charge in [-0.25, -0.2) is 0 Å². The van der Waals surface area contributed by atoms with Crippen LogP contribution in [-0.4, -0.2) is 22.3 Å². The number of hydrogen-bond acceptors (Lipinski definition) is 2. The first kappa shape index (κ1) is 13.3. The van der Waals surface area contributed by atoms with Crippen molar-refractivity contribution >= 4 is 5.91 Å². The molecule has 0 bridgehead atoms. The Morgan fingerprint density at radius 2 is 1.95 bits per heavy atom. The minimum absolute atomic E-state index is 0.0185. The second-order valence-corrected chi connectivity index (χ2v) is 4.52. The average Bonchev–Trinajstić information content (AvgIpc) is 2.45. The number of aryl methyl sites for hydroxylation is 1. The van der Waals surface area contributed by atoms with Gasteiger partial charge in [-0.1, -0.05) is 30.3 Å². The van der Waals surface area contributed by atoms with Gasteiger partial charge in [0.2, 0.25) is 0 Å². The molecule has 0 atom stereocenters. The normalized spacial score (nSPS) is 10.2. The molecular weight excluding hydrogens is 236 g/mol. The standard InChI is InChI=1S/C16H18N2O/c1-3-18(12-14-7-5-4-6-8-14)16(19)15-11-13(2)9-10-17-15/h4-11H,3,12H2,1-2H3. The Morgan fingerprint density at radius 3 is 2.58 bits per heavy atom. The zero-order chi connectivity index (χ0) is 13.7. The highest BCUT2D eigenvalue weighted by Crippen LogP contribution is 2.09. The maximum absolute atomic E-state index is 12.4. The summed E-state index contributed by atoms with van der Waals surface area (Å²) < 4.78 is 0. The summed E-state index contributed by atoms with van der Waals surface area (Å²) in [6.45, 7) is 5.23. The van der Waals surface area contributed by atoms with E-state index in [4.69, 9.17) is 0 Å². The Kier molecular flexibility index (Phi) is 4.29. The fraction of sp³-hybridized carbons (Fsp3) is 0.250. The lowest BCUT2D eigenvalue weighted by Gasteiger charge is -2.20. The summed E-state index contributed by atoms with van der Waals surface area (Å²) in [4.78, 5) is 18.4. The highest BCUT2D eigenvalue weighted by molar-refractivity contribution is 5.92. The molecule has 1 aromatic carbocycles. The van der Waals surface area contributed by atoms with E-state index in [0.29, 0.717) is 18.8 Å². The zero-order valence-corrected chi connectivity index (χ0v) is 11.3. The van der Waals surface area contributed by atoms with Crippen molar-refractivity contribution in [2.24, 2.45) is 0 Å². The molecule has 2 rings (SSSR count). The smallest absolute Gasteiger partial charge is 0.272 e. The third kappa shape index (κ3) is 3.41. The van der Waals surface area contributed by atoms with Gasteiger partial charge in [-0.2, -0.15) is 0 Å². The van der Waals surface area contributed by atoms with Crippen molar-refractivity contribution < 1.29 is 4.79 Å². The number of carbonyl (C=O) groups excluding carboxylic acids is 1. The van der Waals surface area contributed by atoms with Crippen molar-refractivity contribution in [2.45, 2.75) is 20.4 Å². The Balaban J connectivity index is 2.16. The van der Waals surface area contributed by atoms with Gasteiger partial charge in [0.1, 0.15) is 5.69 Å². The summed E-state index contributed by atoms with van der Waals surface area (Å²) >= 11 is 0. The van der Waals surface area contributed by atoms with Gasteiger partial charge in [-0.3, -0.25) is 9.78 Å². The second-order valence-electron chi connectivity index (χ2n) is 4.52. The van der Waals surface area contributed by atoms with Crippen molar-refractivity contribution in [1.29, 1.82) is 0 Å². The van der Waals surface area contributed by atoms with Crippen LogP contribution in [-0.2, 0) is 6.54 Å². The lowest BCUT2D eigenvalue weighted by Crippen LogP contribution is -2.30. The molecule has 1 heterocycles. The van der Waals surface area contributed by atoms with Crippen LogP contribution in [0, 0.1) is 6.92 Å². The van der Waals surface area contributed by atoms with E-state index < -0.39 is 0 Å². The average molecular weight is 254 g/mol. The molecular formula is C16H18N2O. The highest BCUT2D eigenvalue weighted by atomic mass is 16.2. The topological polar surface area (TPSA) is 33.2 Å². The van der Waals surface area contributed by atoms with Crippen LogP contribution in [0.3, 0.4) is 0 Å². The summed E-state index contributed by atoms with van der Waals surface area (Å²) in [6.07, 6.45) is 1.68. The second kappa shape index (κ2) is 6.14. The first-order valence-electron chi connectivity index (χ1n) is 6.46. The van der Waals surface area contributed by atoms with Gasteiger partial charge < -0.3 is 4.90 Å². The van der Waals surface area contributed by atoms with Gasteiger partial charge in [0.15, 0.2) is 0 Å². The lowest BCUT2D eigenvalue weighted by molar-refractivity contribution is 0.0746. The number of pyridine rings is 1. The van der Waals surface area contributed by atoms with Crippen LogP contribution in [0.4, 0.5) is 0 Å². The molecule has 0 saturated carbocycles. The van der Waals surface area contributed by atoms with Gasteiger partial charge >= 0.3 is 0 Å². The third-order valence-electron chi connectivity index (χ3n) is 3.02. The highest BCUT2D eigenvalue weighted by Gasteiger charge is 2.15. The maximum atomic E-state index is 12.4. The summed E-state index contributed by atoms with van der Waals surface area (Å²) in [7, 11) is 0. The van der Waals surface area contributed by atoms with E-state index in [1.807, 2.05) is 56.3 Å². The number of aromatic nitrogens is 1. The Morgan fingerprint density at radius 1 is 1.21 bits per heavy atom. The van der Waals surface area contributed by atoms with E-state index in [9.17, 15) is 4.79 Å². The summed E-state index contributed by atoms with van der Waals surface area (Å²) in [6, 6.07) is 13.7. The third-order valence-corrected chi connectivity index (χ3v) is 3.02. The lowest BCUT2D eigenvalue weighted by atomic mass is 10.2. The van der Waals surface area contributed by atoms with Crippen LogP contribution in [0.15, 0.2) is 48.7 Å². The Bertz CT molecular complexity index is 552. The molecule has 0 aliphatic heterocycles. The summed E-state index contributed by atoms with van der Waals surface area (Å²) in [5.41, 5.74) is 2.69. The minimum Gasteiger partial charge on any atom is -0.333 e. The van der Waals surface area contributed by atoms with Gasteiger partial charge in [-0.15, -0.1) is 0 Å². The molecule has 0 saturated heterocycles. The Hall–Kier alpha value is -2.16. The predicted molar refractivity (Wildman–Crippen MR) is 75.8 cm³/mol. The van der Waals surface area contributed by atoms with Crippen LogP contribution in [0.5, 0.6) is 0 Å². The number of rotatable bonds is 4. The monoisotopic (exact) mass is 254 g/mol. The fourth-order valence-electron chi connectivity index (χ4n) is 1.95. The molecule has 2 aromatic rings. The van der Waals surface area contributed by atoms with E-state index >= 15 is 0 Å². The van der Waals surface area contributed by atoms with Crippen LogP contribution >= 0.6 is 0 Å². The first-order valence-corrected chi connectivity index (χ1v) is 6.46. The molecule has 1 aromatic heterocycles. The van der Waals surface area contributed by atoms with Crippen LogP contribution in [0.2, 0.25) is 0 Å². The molecule has 3 nitrogen and oxygen atoms in total. The van der Waals surface area contributed by atoms with E-state index in [1.54, 1.807) is 11.1 Å². The molecule has 0 fully saturated rings. The van der Waals surface area contributed by atoms with Gasteiger partial charge in [0.25, 0.3) is 5.91 Å². The van der Waals surface area contributed by atoms with E-state index in [-0.39, 0.29) is 5.91 Å². The molecule has 1 amide bonds. The summed E-state index contributed by atoms with van der Waals surface area (Å²) in [5, 5.41) is 0. The van der Waals surface area contributed by atoms with Crippen molar-refractivity contribution in [3.05, 3.63) is 65.5 Å². The molecule has 0 radical (unpaired) electrons.